The van der Waals surface area contributed by atoms with Crippen molar-refractivity contribution in [3.05, 3.63) is 54.6 Å². The van der Waals surface area contributed by atoms with Crippen LogP contribution in [0.3, 0.4) is 0 Å². The summed E-state index contributed by atoms with van der Waals surface area (Å²) in [5, 5.41) is 2.73. The molecule has 0 radical (unpaired) electrons. The lowest BCUT2D eigenvalue weighted by atomic mass is 10.2. The maximum atomic E-state index is 12.2. The van der Waals surface area contributed by atoms with Crippen LogP contribution in [0.5, 0.6) is 5.75 Å². The number of carbonyl (C=O) groups is 2. The zero-order valence-electron chi connectivity index (χ0n) is 14.2. The average Bonchev–Trinajstić information content (AvgIpc) is 2.62. The first-order chi connectivity index (χ1) is 12.1. The van der Waals surface area contributed by atoms with Gasteiger partial charge in [0.2, 0.25) is 0 Å². The Bertz CT molecular complexity index is 706. The largest absolute Gasteiger partial charge is 0.492 e. The summed E-state index contributed by atoms with van der Waals surface area (Å²) in [5.74, 6) is -0.103. The molecular formula is C19H21NO4S. The van der Waals surface area contributed by atoms with Crippen molar-refractivity contribution in [3.8, 4) is 5.75 Å². The van der Waals surface area contributed by atoms with Crippen LogP contribution < -0.4 is 10.1 Å². The maximum absolute atomic E-state index is 12.2. The Balaban J connectivity index is 1.84. The molecule has 25 heavy (non-hydrogen) atoms. The number of hydrogen-bond donors (Lipinski definition) is 1. The van der Waals surface area contributed by atoms with Crippen molar-refractivity contribution in [3.63, 3.8) is 0 Å². The van der Waals surface area contributed by atoms with E-state index in [1.54, 1.807) is 25.1 Å². The van der Waals surface area contributed by atoms with E-state index in [1.165, 1.54) is 11.8 Å². The van der Waals surface area contributed by atoms with E-state index in [1.807, 2.05) is 43.3 Å². The Morgan fingerprint density at radius 2 is 1.76 bits per heavy atom. The molecule has 0 saturated heterocycles. The van der Waals surface area contributed by atoms with Crippen molar-refractivity contribution < 1.29 is 19.1 Å². The third-order valence-electron chi connectivity index (χ3n) is 3.22. The van der Waals surface area contributed by atoms with Crippen molar-refractivity contribution in [2.24, 2.45) is 0 Å². The fourth-order valence-corrected chi connectivity index (χ4v) is 2.73. The number of rotatable bonds is 8. The number of para-hydroxylation sites is 2. The van der Waals surface area contributed by atoms with E-state index in [0.29, 0.717) is 18.0 Å². The molecule has 2 aromatic carbocycles. The molecule has 5 nitrogen and oxygen atoms in total. The van der Waals surface area contributed by atoms with Crippen LogP contribution in [0.1, 0.15) is 13.8 Å². The molecule has 1 N–H and O–H groups in total. The number of anilines is 1. The van der Waals surface area contributed by atoms with Crippen molar-refractivity contribution in [2.45, 2.75) is 24.8 Å². The van der Waals surface area contributed by atoms with Crippen LogP contribution in [-0.2, 0) is 14.3 Å². The maximum Gasteiger partial charge on any atom is 0.317 e. The lowest BCUT2D eigenvalue weighted by Crippen LogP contribution is -2.30. The average molecular weight is 359 g/mol. The second-order valence-electron chi connectivity index (χ2n) is 5.15. The van der Waals surface area contributed by atoms with E-state index in [0.717, 1.165) is 4.90 Å². The molecule has 0 saturated carbocycles. The Kier molecular flexibility index (Phi) is 7.35. The Morgan fingerprint density at radius 1 is 1.08 bits per heavy atom. The number of nitrogens with one attached hydrogen (secondary N) is 1. The molecule has 0 heterocycles. The predicted octanol–water partition coefficient (Wildman–Crippen LogP) is 3.75. The smallest absolute Gasteiger partial charge is 0.317 e. The van der Waals surface area contributed by atoms with E-state index in [-0.39, 0.29) is 5.75 Å². The first-order valence-corrected chi connectivity index (χ1v) is 8.98. The molecular weight excluding hydrogens is 338 g/mol. The Morgan fingerprint density at radius 3 is 2.48 bits per heavy atom. The van der Waals surface area contributed by atoms with Crippen molar-refractivity contribution in [2.75, 3.05) is 17.7 Å². The van der Waals surface area contributed by atoms with Gasteiger partial charge in [-0.15, -0.1) is 11.8 Å². The number of ether oxygens (including phenoxy) is 2. The highest BCUT2D eigenvalue weighted by molar-refractivity contribution is 8.00. The summed E-state index contributed by atoms with van der Waals surface area (Å²) in [7, 11) is 0. The number of carbonyl (C=O) groups excluding carboxylic acids is 2. The number of hydrogen-bond acceptors (Lipinski definition) is 5. The molecule has 0 spiro atoms. The van der Waals surface area contributed by atoms with Crippen LogP contribution in [0, 0.1) is 0 Å². The van der Waals surface area contributed by atoms with Gasteiger partial charge in [0.05, 0.1) is 18.0 Å². The van der Waals surface area contributed by atoms with Crippen molar-refractivity contribution >= 4 is 29.3 Å². The van der Waals surface area contributed by atoms with Gasteiger partial charge in [-0.05, 0) is 38.1 Å². The molecule has 0 aliphatic heterocycles. The summed E-state index contributed by atoms with van der Waals surface area (Å²) in [6, 6.07) is 16.7. The van der Waals surface area contributed by atoms with Crippen LogP contribution in [0.2, 0.25) is 0 Å². The first kappa shape index (κ1) is 18.9. The van der Waals surface area contributed by atoms with Crippen LogP contribution >= 0.6 is 11.8 Å². The molecule has 0 aromatic heterocycles. The monoisotopic (exact) mass is 359 g/mol. The normalized spacial score (nSPS) is 11.4. The minimum Gasteiger partial charge on any atom is -0.492 e. The standard InChI is InChI=1S/C19H21NO4S/c1-3-23-17-12-8-7-11-16(17)20-19(22)14(2)24-18(21)13-25-15-9-5-4-6-10-15/h4-12,14H,3,13H2,1-2H3,(H,20,22)/t14-/m0/s1. The highest BCUT2D eigenvalue weighted by Crippen LogP contribution is 2.24. The summed E-state index contributed by atoms with van der Waals surface area (Å²) in [4.78, 5) is 25.1. The van der Waals surface area contributed by atoms with Crippen LogP contribution in [0.25, 0.3) is 0 Å². The molecule has 2 aromatic rings. The van der Waals surface area contributed by atoms with Gasteiger partial charge in [0.1, 0.15) is 5.75 Å². The summed E-state index contributed by atoms with van der Waals surface area (Å²) >= 11 is 1.37. The third kappa shape index (κ3) is 6.15. The minimum absolute atomic E-state index is 0.150. The minimum atomic E-state index is -0.890. The van der Waals surface area contributed by atoms with Gasteiger partial charge in [0, 0.05) is 4.90 Å². The zero-order chi connectivity index (χ0) is 18.1. The number of esters is 1. The van der Waals surface area contributed by atoms with E-state index in [2.05, 4.69) is 5.32 Å². The van der Waals surface area contributed by atoms with Gasteiger partial charge < -0.3 is 14.8 Å². The SMILES string of the molecule is CCOc1ccccc1NC(=O)[C@H](C)OC(=O)CSc1ccccc1. The van der Waals surface area contributed by atoms with E-state index in [9.17, 15) is 9.59 Å². The predicted molar refractivity (Wildman–Crippen MR) is 99.0 cm³/mol. The highest BCUT2D eigenvalue weighted by Gasteiger charge is 2.19. The Hall–Kier alpha value is -2.47. The summed E-state index contributed by atoms with van der Waals surface area (Å²) in [6.45, 7) is 3.91. The van der Waals surface area contributed by atoms with Gasteiger partial charge in [-0.1, -0.05) is 30.3 Å². The number of thioether (sulfide) groups is 1. The zero-order valence-corrected chi connectivity index (χ0v) is 15.0. The fourth-order valence-electron chi connectivity index (χ4n) is 2.03. The number of amides is 1. The van der Waals surface area contributed by atoms with E-state index < -0.39 is 18.0 Å². The molecule has 0 unspecified atom stereocenters. The van der Waals surface area contributed by atoms with E-state index >= 15 is 0 Å². The van der Waals surface area contributed by atoms with Crippen molar-refractivity contribution in [1.82, 2.24) is 0 Å². The molecule has 0 fully saturated rings. The van der Waals surface area contributed by atoms with Gasteiger partial charge in [0.15, 0.2) is 6.10 Å². The molecule has 1 atom stereocenters. The first-order valence-electron chi connectivity index (χ1n) is 8.00. The summed E-state index contributed by atoms with van der Waals surface area (Å²) in [6.07, 6.45) is -0.890. The Labute approximate surface area is 151 Å². The quantitative estimate of drug-likeness (QED) is 0.574. The molecule has 0 aliphatic carbocycles. The molecule has 6 heteroatoms. The molecule has 1 amide bonds. The van der Waals surface area contributed by atoms with Gasteiger partial charge in [-0.3, -0.25) is 9.59 Å². The molecule has 132 valence electrons. The lowest BCUT2D eigenvalue weighted by molar-refractivity contribution is -0.150. The van der Waals surface area contributed by atoms with Gasteiger partial charge in [-0.25, -0.2) is 0 Å². The summed E-state index contributed by atoms with van der Waals surface area (Å²) < 4.78 is 10.7. The van der Waals surface area contributed by atoms with Gasteiger partial charge in [0.25, 0.3) is 5.91 Å². The van der Waals surface area contributed by atoms with Crippen LogP contribution in [-0.4, -0.2) is 30.3 Å². The second-order valence-corrected chi connectivity index (χ2v) is 6.20. The van der Waals surface area contributed by atoms with Crippen LogP contribution in [0.4, 0.5) is 5.69 Å². The molecule has 0 aliphatic rings. The van der Waals surface area contributed by atoms with Crippen molar-refractivity contribution in [1.29, 1.82) is 0 Å². The number of benzene rings is 2. The van der Waals surface area contributed by atoms with E-state index in [4.69, 9.17) is 9.47 Å². The highest BCUT2D eigenvalue weighted by atomic mass is 32.2. The summed E-state index contributed by atoms with van der Waals surface area (Å²) in [5.41, 5.74) is 0.552. The van der Waals surface area contributed by atoms with Crippen LogP contribution in [0.15, 0.2) is 59.5 Å². The topological polar surface area (TPSA) is 64.6 Å². The lowest BCUT2D eigenvalue weighted by Gasteiger charge is -2.15. The van der Waals surface area contributed by atoms with Gasteiger partial charge >= 0.3 is 5.97 Å². The second kappa shape index (κ2) is 9.74. The third-order valence-corrected chi connectivity index (χ3v) is 4.21. The molecule has 2 rings (SSSR count). The fraction of sp³-hybridized carbons (Fsp3) is 0.263. The van der Waals surface area contributed by atoms with Gasteiger partial charge in [-0.2, -0.15) is 0 Å². The molecule has 0 bridgehead atoms.